The van der Waals surface area contributed by atoms with E-state index in [4.69, 9.17) is 4.74 Å². The smallest absolute Gasteiger partial charge is 0.130 e. The standard InChI is InChI=1S/C33H27N3O/c1-35-17-18-36(24-35)30-19-29(26-11-6-3-7-12-26)21-32(23-30)37-31-14-8-13-28(20-31)33-22-27(15-16-34-33)25-9-4-2-5-10-25/h2-23H,24H2,1H3. The Labute approximate surface area is 217 Å². The van der Waals surface area contributed by atoms with Crippen LogP contribution in [-0.4, -0.2) is 23.6 Å². The monoisotopic (exact) mass is 481 g/mol. The van der Waals surface area contributed by atoms with Crippen LogP contribution in [0.2, 0.25) is 0 Å². The normalized spacial score (nSPS) is 12.7. The van der Waals surface area contributed by atoms with E-state index >= 15 is 0 Å². The molecule has 4 nitrogen and oxygen atoms in total. The molecule has 0 fully saturated rings. The van der Waals surface area contributed by atoms with E-state index in [0.717, 1.165) is 51.8 Å². The van der Waals surface area contributed by atoms with E-state index in [1.807, 2.05) is 36.5 Å². The van der Waals surface area contributed by atoms with Crippen molar-refractivity contribution in [3.05, 3.63) is 134 Å². The molecule has 0 unspecified atom stereocenters. The van der Waals surface area contributed by atoms with Crippen molar-refractivity contribution >= 4 is 5.69 Å². The Bertz CT molecular complexity index is 1550. The molecule has 5 aromatic rings. The first-order valence-electron chi connectivity index (χ1n) is 12.4. The molecule has 0 saturated heterocycles. The van der Waals surface area contributed by atoms with E-state index in [2.05, 4.69) is 119 Å². The van der Waals surface area contributed by atoms with Gasteiger partial charge in [0.1, 0.15) is 11.5 Å². The van der Waals surface area contributed by atoms with Crippen molar-refractivity contribution in [2.75, 3.05) is 18.6 Å². The number of nitrogens with zero attached hydrogens (tertiary/aromatic N) is 3. The van der Waals surface area contributed by atoms with Crippen molar-refractivity contribution in [2.45, 2.75) is 0 Å². The van der Waals surface area contributed by atoms with Crippen LogP contribution in [0.25, 0.3) is 33.5 Å². The number of benzene rings is 4. The van der Waals surface area contributed by atoms with Gasteiger partial charge in [-0.25, -0.2) is 0 Å². The van der Waals surface area contributed by atoms with Crippen LogP contribution in [0.4, 0.5) is 5.69 Å². The van der Waals surface area contributed by atoms with E-state index in [-0.39, 0.29) is 0 Å². The fourth-order valence-electron chi connectivity index (χ4n) is 4.56. The summed E-state index contributed by atoms with van der Waals surface area (Å²) in [4.78, 5) is 9.00. The Morgan fingerprint density at radius 1 is 0.595 bits per heavy atom. The lowest BCUT2D eigenvalue weighted by Gasteiger charge is -2.20. The zero-order chi connectivity index (χ0) is 25.0. The Morgan fingerprint density at radius 2 is 1.30 bits per heavy atom. The van der Waals surface area contributed by atoms with Gasteiger partial charge in [-0.05, 0) is 58.7 Å². The predicted molar refractivity (Wildman–Crippen MR) is 151 cm³/mol. The van der Waals surface area contributed by atoms with Crippen molar-refractivity contribution in [3.63, 3.8) is 0 Å². The molecule has 0 aliphatic carbocycles. The molecular formula is C33H27N3O. The van der Waals surface area contributed by atoms with Crippen LogP contribution in [0, 0.1) is 0 Å². The van der Waals surface area contributed by atoms with Crippen molar-refractivity contribution in [1.29, 1.82) is 0 Å². The number of rotatable bonds is 6. The molecule has 1 aromatic heterocycles. The van der Waals surface area contributed by atoms with Crippen LogP contribution < -0.4 is 9.64 Å². The number of aromatic nitrogens is 1. The first-order chi connectivity index (χ1) is 18.2. The lowest BCUT2D eigenvalue weighted by atomic mass is 10.0. The summed E-state index contributed by atoms with van der Waals surface area (Å²) in [6.07, 6.45) is 6.04. The third-order valence-electron chi connectivity index (χ3n) is 6.44. The molecule has 2 heterocycles. The molecule has 0 saturated carbocycles. The van der Waals surface area contributed by atoms with E-state index in [9.17, 15) is 0 Å². The van der Waals surface area contributed by atoms with Gasteiger partial charge < -0.3 is 14.5 Å². The second-order valence-electron chi connectivity index (χ2n) is 9.17. The summed E-state index contributed by atoms with van der Waals surface area (Å²) in [5, 5.41) is 0. The molecular weight excluding hydrogens is 454 g/mol. The number of anilines is 1. The molecule has 180 valence electrons. The summed E-state index contributed by atoms with van der Waals surface area (Å²) < 4.78 is 6.45. The molecule has 1 aliphatic rings. The van der Waals surface area contributed by atoms with Crippen LogP contribution >= 0.6 is 0 Å². The van der Waals surface area contributed by atoms with Gasteiger partial charge in [0.05, 0.1) is 12.4 Å². The van der Waals surface area contributed by atoms with Crippen molar-refractivity contribution in [2.24, 2.45) is 0 Å². The van der Waals surface area contributed by atoms with E-state index < -0.39 is 0 Å². The van der Waals surface area contributed by atoms with Gasteiger partial charge in [0, 0.05) is 43.0 Å². The van der Waals surface area contributed by atoms with Crippen LogP contribution in [0.3, 0.4) is 0 Å². The van der Waals surface area contributed by atoms with Crippen molar-refractivity contribution < 1.29 is 4.74 Å². The van der Waals surface area contributed by atoms with Gasteiger partial charge in [-0.3, -0.25) is 4.98 Å². The largest absolute Gasteiger partial charge is 0.457 e. The quantitative estimate of drug-likeness (QED) is 0.245. The summed E-state index contributed by atoms with van der Waals surface area (Å²) in [7, 11) is 2.07. The third kappa shape index (κ3) is 5.09. The summed E-state index contributed by atoms with van der Waals surface area (Å²) >= 11 is 0. The topological polar surface area (TPSA) is 28.6 Å². The molecule has 0 bridgehead atoms. The molecule has 0 amide bonds. The molecule has 6 rings (SSSR count). The fourth-order valence-corrected chi connectivity index (χ4v) is 4.56. The van der Waals surface area contributed by atoms with Crippen LogP contribution in [-0.2, 0) is 0 Å². The zero-order valence-corrected chi connectivity index (χ0v) is 20.7. The second-order valence-corrected chi connectivity index (χ2v) is 9.17. The van der Waals surface area contributed by atoms with Gasteiger partial charge in [-0.15, -0.1) is 0 Å². The minimum atomic E-state index is 0.773. The van der Waals surface area contributed by atoms with E-state index in [0.29, 0.717) is 0 Å². The minimum absolute atomic E-state index is 0.773. The summed E-state index contributed by atoms with van der Waals surface area (Å²) in [5.41, 5.74) is 7.59. The molecule has 0 radical (unpaired) electrons. The number of ether oxygens (including phenoxy) is 1. The maximum absolute atomic E-state index is 6.45. The van der Waals surface area contributed by atoms with Crippen LogP contribution in [0.5, 0.6) is 11.5 Å². The van der Waals surface area contributed by atoms with Gasteiger partial charge in [-0.2, -0.15) is 0 Å². The SMILES string of the molecule is CN1C=CN(c2cc(Oc3cccc(-c4cc(-c5ccccc5)ccn4)c3)cc(-c3ccccc3)c2)C1. The molecule has 37 heavy (non-hydrogen) atoms. The Morgan fingerprint density at radius 3 is 2.03 bits per heavy atom. The summed E-state index contributed by atoms with van der Waals surface area (Å²) in [6, 6.07) is 39.5. The van der Waals surface area contributed by atoms with Gasteiger partial charge in [-0.1, -0.05) is 72.8 Å². The Hall–Kier alpha value is -4.83. The van der Waals surface area contributed by atoms with E-state index in [1.165, 1.54) is 5.56 Å². The van der Waals surface area contributed by atoms with E-state index in [1.54, 1.807) is 0 Å². The first kappa shape index (κ1) is 22.6. The number of hydrogen-bond donors (Lipinski definition) is 0. The lowest BCUT2D eigenvalue weighted by molar-refractivity contribution is 0.481. The Kier molecular flexibility index (Phi) is 6.14. The highest BCUT2D eigenvalue weighted by Gasteiger charge is 2.14. The Balaban J connectivity index is 1.33. The van der Waals surface area contributed by atoms with Gasteiger partial charge >= 0.3 is 0 Å². The average molecular weight is 482 g/mol. The minimum Gasteiger partial charge on any atom is -0.457 e. The predicted octanol–water partition coefficient (Wildman–Crippen LogP) is 8.06. The van der Waals surface area contributed by atoms with Crippen molar-refractivity contribution in [1.82, 2.24) is 9.88 Å². The maximum Gasteiger partial charge on any atom is 0.130 e. The zero-order valence-electron chi connectivity index (χ0n) is 20.7. The fraction of sp³-hybridized carbons (Fsp3) is 0.0606. The average Bonchev–Trinajstić information content (AvgIpc) is 3.40. The first-order valence-corrected chi connectivity index (χ1v) is 12.4. The molecule has 4 heteroatoms. The third-order valence-corrected chi connectivity index (χ3v) is 6.44. The molecule has 0 atom stereocenters. The number of pyridine rings is 1. The van der Waals surface area contributed by atoms with Crippen LogP contribution in [0.1, 0.15) is 0 Å². The van der Waals surface area contributed by atoms with Gasteiger partial charge in [0.15, 0.2) is 0 Å². The molecule has 0 spiro atoms. The second kappa shape index (κ2) is 10.0. The number of hydrogen-bond acceptors (Lipinski definition) is 4. The highest BCUT2D eigenvalue weighted by atomic mass is 16.5. The molecule has 0 N–H and O–H groups in total. The highest BCUT2D eigenvalue weighted by Crippen LogP contribution is 2.35. The molecule has 1 aliphatic heterocycles. The lowest BCUT2D eigenvalue weighted by Crippen LogP contribution is -2.21. The maximum atomic E-state index is 6.45. The van der Waals surface area contributed by atoms with Crippen molar-refractivity contribution in [3.8, 4) is 45.0 Å². The van der Waals surface area contributed by atoms with Crippen LogP contribution in [0.15, 0.2) is 134 Å². The van der Waals surface area contributed by atoms with Gasteiger partial charge in [0.25, 0.3) is 0 Å². The molecule has 4 aromatic carbocycles. The van der Waals surface area contributed by atoms with Gasteiger partial charge in [0.2, 0.25) is 0 Å². The highest BCUT2D eigenvalue weighted by molar-refractivity contribution is 5.73. The summed E-state index contributed by atoms with van der Waals surface area (Å²) in [6.45, 7) is 0.802. The summed E-state index contributed by atoms with van der Waals surface area (Å²) in [5.74, 6) is 1.57.